The summed E-state index contributed by atoms with van der Waals surface area (Å²) in [6.07, 6.45) is 0.976. The Kier molecular flexibility index (Phi) is 4.19. The van der Waals surface area contributed by atoms with Gasteiger partial charge in [0, 0.05) is 11.6 Å². The zero-order chi connectivity index (χ0) is 13.1. The quantitative estimate of drug-likeness (QED) is 0.865. The van der Waals surface area contributed by atoms with Crippen LogP contribution < -0.4 is 5.32 Å². The lowest BCUT2D eigenvalue weighted by Crippen LogP contribution is -2.20. The molecular formula is C13H16ClN3S. The summed E-state index contributed by atoms with van der Waals surface area (Å²) < 4.78 is 0. The molecule has 2 aromatic heterocycles. The highest BCUT2D eigenvalue weighted by molar-refractivity contribution is 7.07. The molecule has 0 fully saturated rings. The fourth-order valence-corrected chi connectivity index (χ4v) is 2.67. The molecule has 1 N–H and O–H groups in total. The zero-order valence-corrected chi connectivity index (χ0v) is 12.3. The van der Waals surface area contributed by atoms with E-state index in [1.165, 1.54) is 5.56 Å². The fourth-order valence-electron chi connectivity index (χ4n) is 1.78. The molecular weight excluding hydrogens is 266 g/mol. The summed E-state index contributed by atoms with van der Waals surface area (Å²) in [5, 5.41) is 8.19. The number of thiophene rings is 1. The van der Waals surface area contributed by atoms with Crippen molar-refractivity contribution in [2.45, 2.75) is 33.2 Å². The number of hydrogen-bond donors (Lipinski definition) is 1. The Labute approximate surface area is 116 Å². The maximum atomic E-state index is 6.06. The van der Waals surface area contributed by atoms with Gasteiger partial charge in [0.05, 0.1) is 0 Å². The van der Waals surface area contributed by atoms with Crippen molar-refractivity contribution in [1.29, 1.82) is 0 Å². The van der Waals surface area contributed by atoms with Crippen LogP contribution in [0.15, 0.2) is 16.8 Å². The van der Waals surface area contributed by atoms with Crippen molar-refractivity contribution < 1.29 is 0 Å². The van der Waals surface area contributed by atoms with Gasteiger partial charge in [-0.05, 0) is 49.6 Å². The molecule has 0 saturated carbocycles. The Hall–Kier alpha value is -1.13. The number of rotatable bonds is 4. The third-order valence-corrected chi connectivity index (χ3v) is 3.80. The lowest BCUT2D eigenvalue weighted by molar-refractivity contribution is 0.782. The van der Waals surface area contributed by atoms with Gasteiger partial charge in [0.15, 0.2) is 0 Å². The number of halogens is 1. The summed E-state index contributed by atoms with van der Waals surface area (Å²) in [6.45, 7) is 5.92. The Balaban J connectivity index is 2.09. The first kappa shape index (κ1) is 13.3. The van der Waals surface area contributed by atoms with E-state index in [1.807, 2.05) is 13.8 Å². The molecule has 0 aliphatic heterocycles. The minimum absolute atomic E-state index is 0.309. The minimum Gasteiger partial charge on any atom is -0.367 e. The first-order valence-electron chi connectivity index (χ1n) is 5.84. The first-order valence-corrected chi connectivity index (χ1v) is 7.16. The van der Waals surface area contributed by atoms with Gasteiger partial charge in [-0.15, -0.1) is 0 Å². The summed E-state index contributed by atoms with van der Waals surface area (Å²) in [5.74, 6) is 1.52. The van der Waals surface area contributed by atoms with Crippen molar-refractivity contribution in [1.82, 2.24) is 9.97 Å². The van der Waals surface area contributed by atoms with Crippen LogP contribution in [-0.4, -0.2) is 16.0 Å². The van der Waals surface area contributed by atoms with Crippen LogP contribution >= 0.6 is 22.9 Å². The molecule has 0 spiro atoms. The van der Waals surface area contributed by atoms with E-state index in [4.69, 9.17) is 11.6 Å². The molecule has 5 heteroatoms. The minimum atomic E-state index is 0.309. The summed E-state index contributed by atoms with van der Waals surface area (Å²) in [7, 11) is 0. The van der Waals surface area contributed by atoms with Crippen molar-refractivity contribution in [3.63, 3.8) is 0 Å². The Morgan fingerprint density at radius 3 is 2.83 bits per heavy atom. The van der Waals surface area contributed by atoms with E-state index in [2.05, 4.69) is 39.0 Å². The molecule has 0 radical (unpaired) electrons. The summed E-state index contributed by atoms with van der Waals surface area (Å²) in [6, 6.07) is 2.46. The molecule has 2 heterocycles. The second kappa shape index (κ2) is 5.67. The number of nitrogens with one attached hydrogen (secondary N) is 1. The van der Waals surface area contributed by atoms with Gasteiger partial charge >= 0.3 is 0 Å². The standard InChI is InChI=1S/C13H16ClN3S/c1-8(6-11-4-5-18-7-11)15-13-9(2)12(14)16-10(3)17-13/h4-5,7-8H,6H2,1-3H3,(H,15,16,17). The predicted molar refractivity (Wildman–Crippen MR) is 77.6 cm³/mol. The van der Waals surface area contributed by atoms with E-state index in [0.717, 1.165) is 17.8 Å². The van der Waals surface area contributed by atoms with Gasteiger partial charge in [-0.2, -0.15) is 11.3 Å². The maximum Gasteiger partial charge on any atom is 0.137 e. The van der Waals surface area contributed by atoms with Gasteiger partial charge in [-0.25, -0.2) is 9.97 Å². The molecule has 3 nitrogen and oxygen atoms in total. The largest absolute Gasteiger partial charge is 0.367 e. The van der Waals surface area contributed by atoms with E-state index in [9.17, 15) is 0 Å². The molecule has 0 aliphatic carbocycles. The molecule has 0 bridgehead atoms. The van der Waals surface area contributed by atoms with Crippen LogP contribution in [0.3, 0.4) is 0 Å². The molecule has 2 aromatic rings. The van der Waals surface area contributed by atoms with Crippen molar-refractivity contribution in [3.05, 3.63) is 38.9 Å². The van der Waals surface area contributed by atoms with Crippen molar-refractivity contribution >= 4 is 28.8 Å². The highest BCUT2D eigenvalue weighted by Crippen LogP contribution is 2.21. The van der Waals surface area contributed by atoms with E-state index in [0.29, 0.717) is 17.0 Å². The van der Waals surface area contributed by atoms with Gasteiger partial charge in [0.2, 0.25) is 0 Å². The molecule has 1 atom stereocenters. The number of anilines is 1. The average Bonchev–Trinajstić information content (AvgIpc) is 2.77. The summed E-state index contributed by atoms with van der Waals surface area (Å²) >= 11 is 7.78. The molecule has 0 saturated heterocycles. The number of hydrogen-bond acceptors (Lipinski definition) is 4. The number of aryl methyl sites for hydroxylation is 1. The van der Waals surface area contributed by atoms with E-state index in [-0.39, 0.29) is 0 Å². The van der Waals surface area contributed by atoms with Gasteiger partial charge in [0.1, 0.15) is 16.8 Å². The molecule has 2 rings (SSSR count). The van der Waals surface area contributed by atoms with Crippen LogP contribution in [0.1, 0.15) is 23.9 Å². The zero-order valence-electron chi connectivity index (χ0n) is 10.7. The molecule has 0 aliphatic rings. The van der Waals surface area contributed by atoms with E-state index < -0.39 is 0 Å². The highest BCUT2D eigenvalue weighted by Gasteiger charge is 2.10. The smallest absolute Gasteiger partial charge is 0.137 e. The van der Waals surface area contributed by atoms with Gasteiger partial charge in [-0.3, -0.25) is 0 Å². The van der Waals surface area contributed by atoms with Crippen LogP contribution in [0.5, 0.6) is 0 Å². The number of aromatic nitrogens is 2. The van der Waals surface area contributed by atoms with E-state index in [1.54, 1.807) is 11.3 Å². The normalized spacial score (nSPS) is 12.4. The Morgan fingerprint density at radius 1 is 1.39 bits per heavy atom. The Morgan fingerprint density at radius 2 is 2.17 bits per heavy atom. The second-order valence-electron chi connectivity index (χ2n) is 4.42. The fraction of sp³-hybridized carbons (Fsp3) is 0.385. The van der Waals surface area contributed by atoms with Crippen molar-refractivity contribution in [2.75, 3.05) is 5.32 Å². The topological polar surface area (TPSA) is 37.8 Å². The van der Waals surface area contributed by atoms with Gasteiger partial charge in [0.25, 0.3) is 0 Å². The summed E-state index contributed by atoms with van der Waals surface area (Å²) in [5.41, 5.74) is 2.24. The van der Waals surface area contributed by atoms with Crippen molar-refractivity contribution in [3.8, 4) is 0 Å². The molecule has 0 amide bonds. The molecule has 96 valence electrons. The third kappa shape index (κ3) is 3.21. The monoisotopic (exact) mass is 281 g/mol. The second-order valence-corrected chi connectivity index (χ2v) is 5.55. The van der Waals surface area contributed by atoms with Crippen molar-refractivity contribution in [2.24, 2.45) is 0 Å². The van der Waals surface area contributed by atoms with Crippen LogP contribution in [0.4, 0.5) is 5.82 Å². The first-order chi connectivity index (χ1) is 8.56. The maximum absolute atomic E-state index is 6.06. The Bertz CT molecular complexity index is 525. The third-order valence-electron chi connectivity index (χ3n) is 2.70. The predicted octanol–water partition coefficient (Wildman–Crippen LogP) is 3.85. The van der Waals surface area contributed by atoms with Crippen LogP contribution in [-0.2, 0) is 6.42 Å². The lowest BCUT2D eigenvalue weighted by Gasteiger charge is -2.16. The molecule has 0 aromatic carbocycles. The van der Waals surface area contributed by atoms with E-state index >= 15 is 0 Å². The summed E-state index contributed by atoms with van der Waals surface area (Å²) in [4.78, 5) is 8.53. The van der Waals surface area contributed by atoms with Gasteiger partial charge in [-0.1, -0.05) is 11.6 Å². The highest BCUT2D eigenvalue weighted by atomic mass is 35.5. The lowest BCUT2D eigenvalue weighted by atomic mass is 10.1. The average molecular weight is 282 g/mol. The van der Waals surface area contributed by atoms with Crippen LogP contribution in [0.25, 0.3) is 0 Å². The van der Waals surface area contributed by atoms with Crippen LogP contribution in [0.2, 0.25) is 5.15 Å². The molecule has 1 unspecified atom stereocenters. The molecule has 18 heavy (non-hydrogen) atoms. The van der Waals surface area contributed by atoms with Crippen LogP contribution in [0, 0.1) is 13.8 Å². The van der Waals surface area contributed by atoms with Gasteiger partial charge < -0.3 is 5.32 Å². The number of nitrogens with zero attached hydrogens (tertiary/aromatic N) is 2. The SMILES string of the molecule is Cc1nc(Cl)c(C)c(NC(C)Cc2ccsc2)n1.